The van der Waals surface area contributed by atoms with Crippen molar-refractivity contribution in [3.63, 3.8) is 0 Å². The first-order chi connectivity index (χ1) is 19.9. The van der Waals surface area contributed by atoms with Gasteiger partial charge in [-0.1, -0.05) is 60.9 Å². The summed E-state index contributed by atoms with van der Waals surface area (Å²) >= 11 is 0. The molecule has 2 aliphatic carbocycles. The molecule has 4 atom stereocenters. The summed E-state index contributed by atoms with van der Waals surface area (Å²) < 4.78 is 6.83. The molecule has 1 aromatic rings. The number of allylic oxidation sites excluding steroid dienone is 8. The van der Waals surface area contributed by atoms with Gasteiger partial charge >= 0.3 is 0 Å². The highest BCUT2D eigenvalue weighted by Crippen LogP contribution is 2.69. The lowest BCUT2D eigenvalue weighted by Gasteiger charge is -2.64. The lowest BCUT2D eigenvalue weighted by molar-refractivity contribution is -0.188. The van der Waals surface area contributed by atoms with E-state index in [1.165, 1.54) is 23.3 Å². The SMILES string of the molecule is CC(C)=CC[C@H]1C[C@@]23C[C@@H](CC=C(C)C)C(C)(C)[C@@](CC=C(C)C)(C(=O)C(C(=O)c4cccc(O)c4)=C2OC1(C)C)C3=O. The number of ketones is 3. The maximum Gasteiger partial charge on any atom is 0.200 e. The fraction of sp³-hybridized carbons (Fsp3) is 0.553. The van der Waals surface area contributed by atoms with Gasteiger partial charge in [0.15, 0.2) is 17.3 Å². The van der Waals surface area contributed by atoms with Crippen molar-refractivity contribution < 1.29 is 24.2 Å². The zero-order chi connectivity index (χ0) is 32.1. The molecule has 4 rings (SSSR count). The van der Waals surface area contributed by atoms with Crippen LogP contribution in [0.5, 0.6) is 5.75 Å². The molecule has 5 nitrogen and oxygen atoms in total. The molecule has 0 amide bonds. The average Bonchev–Trinajstić information content (AvgIpc) is 2.89. The number of hydrogen-bond donors (Lipinski definition) is 1. The fourth-order valence-corrected chi connectivity index (χ4v) is 7.70. The van der Waals surface area contributed by atoms with Crippen molar-refractivity contribution >= 4 is 17.3 Å². The Morgan fingerprint density at radius 1 is 0.884 bits per heavy atom. The number of phenolic OH excluding ortho intramolecular Hbond substituents is 1. The lowest BCUT2D eigenvalue weighted by atomic mass is 9.39. The fourth-order valence-electron chi connectivity index (χ4n) is 7.70. The molecule has 3 aliphatic rings. The molecule has 2 fully saturated rings. The normalized spacial score (nSPS) is 28.8. The molecule has 1 aliphatic heterocycles. The van der Waals surface area contributed by atoms with E-state index in [9.17, 15) is 9.90 Å². The van der Waals surface area contributed by atoms with Gasteiger partial charge in [-0.3, -0.25) is 14.4 Å². The van der Waals surface area contributed by atoms with Crippen LogP contribution in [0.15, 0.2) is 70.5 Å². The number of aromatic hydroxyl groups is 1. The number of fused-ring (bicyclic) bond motifs is 1. The molecule has 0 aromatic heterocycles. The molecule has 1 spiro atoms. The Morgan fingerprint density at radius 2 is 1.44 bits per heavy atom. The van der Waals surface area contributed by atoms with Crippen LogP contribution >= 0.6 is 0 Å². The van der Waals surface area contributed by atoms with Gasteiger partial charge in [0.25, 0.3) is 0 Å². The second-order valence-electron chi connectivity index (χ2n) is 15.0. The van der Waals surface area contributed by atoms with Crippen LogP contribution in [0.4, 0.5) is 0 Å². The molecule has 1 saturated heterocycles. The summed E-state index contributed by atoms with van der Waals surface area (Å²) in [7, 11) is 0. The van der Waals surface area contributed by atoms with Crippen molar-refractivity contribution in [2.75, 3.05) is 0 Å². The average molecular weight is 587 g/mol. The molecule has 1 heterocycles. The first-order valence-electron chi connectivity index (χ1n) is 15.7. The van der Waals surface area contributed by atoms with Crippen molar-refractivity contribution in [2.45, 2.75) is 107 Å². The molecule has 1 N–H and O–H groups in total. The molecule has 0 radical (unpaired) electrons. The van der Waals surface area contributed by atoms with Crippen molar-refractivity contribution in [3.8, 4) is 5.75 Å². The highest BCUT2D eigenvalue weighted by molar-refractivity contribution is 6.35. The van der Waals surface area contributed by atoms with Crippen LogP contribution in [-0.4, -0.2) is 28.1 Å². The Hall–Kier alpha value is -3.21. The smallest absolute Gasteiger partial charge is 0.200 e. The zero-order valence-corrected chi connectivity index (χ0v) is 27.8. The summed E-state index contributed by atoms with van der Waals surface area (Å²) in [4.78, 5) is 44.9. The molecule has 5 heteroatoms. The quantitative estimate of drug-likeness (QED) is 0.142. The number of carbonyl (C=O) groups is 3. The number of rotatable bonds is 8. The van der Waals surface area contributed by atoms with Crippen LogP contribution in [0.2, 0.25) is 0 Å². The minimum Gasteiger partial charge on any atom is -0.508 e. The summed E-state index contributed by atoms with van der Waals surface area (Å²) in [5.74, 6) is -0.826. The van der Waals surface area contributed by atoms with Gasteiger partial charge in [0.2, 0.25) is 0 Å². The largest absolute Gasteiger partial charge is 0.508 e. The second kappa shape index (κ2) is 11.4. The number of hydrogen-bond acceptors (Lipinski definition) is 5. The lowest BCUT2D eigenvalue weighted by Crippen LogP contribution is -2.69. The summed E-state index contributed by atoms with van der Waals surface area (Å²) in [6.45, 7) is 20.3. The first-order valence-corrected chi connectivity index (χ1v) is 15.7. The van der Waals surface area contributed by atoms with Crippen LogP contribution in [0, 0.1) is 28.1 Å². The highest BCUT2D eigenvalue weighted by Gasteiger charge is 2.74. The van der Waals surface area contributed by atoms with E-state index in [1.807, 2.05) is 47.6 Å². The topological polar surface area (TPSA) is 80.7 Å². The second-order valence-corrected chi connectivity index (χ2v) is 15.0. The summed E-state index contributed by atoms with van der Waals surface area (Å²) in [5.41, 5.74) is -0.373. The van der Waals surface area contributed by atoms with E-state index in [0.717, 1.165) is 18.4 Å². The minimum atomic E-state index is -1.43. The Labute approximate surface area is 258 Å². The van der Waals surface area contributed by atoms with E-state index in [2.05, 4.69) is 39.8 Å². The van der Waals surface area contributed by atoms with Crippen LogP contribution in [0.25, 0.3) is 0 Å². The summed E-state index contributed by atoms with van der Waals surface area (Å²) in [5, 5.41) is 10.2. The standard InChI is InChI=1S/C38H50O5/c1-23(2)14-16-27-21-37-22-28(17-15-24(3)4)36(9,10)43-33(37)30(31(40)26-12-11-13-29(39)20-26)32(41)38(34(37)42,35(27,7)8)19-18-25(5)6/h11-15,18,20,27-28,39H,16-17,19,21-22H2,1-10H3/t27-,28+,37+,38+/m1/s1. The van der Waals surface area contributed by atoms with Crippen LogP contribution < -0.4 is 0 Å². The Morgan fingerprint density at radius 3 is 2.00 bits per heavy atom. The van der Waals surface area contributed by atoms with E-state index in [1.54, 1.807) is 12.1 Å². The molecule has 1 saturated carbocycles. The van der Waals surface area contributed by atoms with Crippen molar-refractivity contribution in [2.24, 2.45) is 28.1 Å². The Bertz CT molecular complexity index is 1450. The number of phenols is 1. The number of ether oxygens (including phenoxy) is 1. The third kappa shape index (κ3) is 5.38. The number of Topliss-reactive ketones (excluding diaryl/α,β-unsaturated/α-hetero) is 3. The predicted molar refractivity (Wildman–Crippen MR) is 172 cm³/mol. The highest BCUT2D eigenvalue weighted by atomic mass is 16.5. The van der Waals surface area contributed by atoms with Crippen LogP contribution in [0.1, 0.15) is 112 Å². The predicted octanol–water partition coefficient (Wildman–Crippen LogP) is 8.88. The molecule has 2 bridgehead atoms. The molecule has 43 heavy (non-hydrogen) atoms. The van der Waals surface area contributed by atoms with Gasteiger partial charge in [-0.25, -0.2) is 0 Å². The third-order valence-electron chi connectivity index (χ3n) is 10.5. The van der Waals surface area contributed by atoms with Crippen molar-refractivity contribution in [3.05, 3.63) is 76.1 Å². The van der Waals surface area contributed by atoms with E-state index >= 15 is 9.59 Å². The van der Waals surface area contributed by atoms with Crippen molar-refractivity contribution in [1.29, 1.82) is 0 Å². The molecular weight excluding hydrogens is 536 g/mol. The van der Waals surface area contributed by atoms with Gasteiger partial charge < -0.3 is 9.84 Å². The maximum atomic E-state index is 15.3. The Balaban J connectivity index is 2.09. The molecule has 1 aromatic carbocycles. The van der Waals surface area contributed by atoms with E-state index < -0.39 is 33.4 Å². The van der Waals surface area contributed by atoms with E-state index in [-0.39, 0.29) is 46.7 Å². The van der Waals surface area contributed by atoms with Gasteiger partial charge in [0, 0.05) is 11.5 Å². The number of benzene rings is 1. The van der Waals surface area contributed by atoms with Crippen molar-refractivity contribution in [1.82, 2.24) is 0 Å². The van der Waals surface area contributed by atoms with Gasteiger partial charge in [0.05, 0.1) is 5.41 Å². The minimum absolute atomic E-state index is 0.00638. The Kier molecular flexibility index (Phi) is 8.65. The zero-order valence-electron chi connectivity index (χ0n) is 27.8. The van der Waals surface area contributed by atoms with Gasteiger partial charge in [0.1, 0.15) is 28.1 Å². The monoisotopic (exact) mass is 586 g/mol. The molecule has 0 unspecified atom stereocenters. The first kappa shape index (κ1) is 32.7. The summed E-state index contributed by atoms with van der Waals surface area (Å²) in [6.07, 6.45) is 9.14. The van der Waals surface area contributed by atoms with Gasteiger partial charge in [-0.05, 0) is 111 Å². The van der Waals surface area contributed by atoms with Gasteiger partial charge in [-0.2, -0.15) is 0 Å². The van der Waals surface area contributed by atoms with E-state index in [0.29, 0.717) is 12.8 Å². The number of carbonyl (C=O) groups excluding carboxylic acids is 3. The van der Waals surface area contributed by atoms with E-state index in [4.69, 9.17) is 4.74 Å². The van der Waals surface area contributed by atoms with Crippen LogP contribution in [0.3, 0.4) is 0 Å². The third-order valence-corrected chi connectivity index (χ3v) is 10.5. The maximum absolute atomic E-state index is 15.3. The summed E-state index contributed by atoms with van der Waals surface area (Å²) in [6, 6.07) is 6.10. The van der Waals surface area contributed by atoms with Gasteiger partial charge in [-0.15, -0.1) is 0 Å². The molecular formula is C38H50O5. The van der Waals surface area contributed by atoms with Crippen LogP contribution in [-0.2, 0) is 14.3 Å². The molecule has 232 valence electrons.